The van der Waals surface area contributed by atoms with Gasteiger partial charge >= 0.3 is 5.97 Å². The Kier molecular flexibility index (Phi) is 3.30. The molecule has 1 aromatic rings. The normalized spacial score (nSPS) is 17.6. The van der Waals surface area contributed by atoms with Gasteiger partial charge in [-0.15, -0.1) is 0 Å². The molecule has 1 aliphatic carbocycles. The van der Waals surface area contributed by atoms with Crippen molar-refractivity contribution in [2.45, 2.75) is 32.2 Å². The number of rotatable bonds is 4. The number of aliphatic carboxylic acids is 1. The van der Waals surface area contributed by atoms with Crippen LogP contribution in [0.25, 0.3) is 0 Å². The first-order chi connectivity index (χ1) is 8.84. The largest absolute Gasteiger partial charge is 0.480 e. The molecule has 102 valence electrons. The van der Waals surface area contributed by atoms with Crippen LogP contribution in [-0.4, -0.2) is 22.5 Å². The summed E-state index contributed by atoms with van der Waals surface area (Å²) in [5.74, 6) is -2.15. The van der Waals surface area contributed by atoms with E-state index >= 15 is 0 Å². The van der Waals surface area contributed by atoms with Crippen molar-refractivity contribution in [2.75, 3.05) is 0 Å². The second kappa shape index (κ2) is 4.64. The number of nitrogens with one attached hydrogen (secondary N) is 1. The Labute approximate surface area is 110 Å². The van der Waals surface area contributed by atoms with E-state index in [1.807, 2.05) is 0 Å². The summed E-state index contributed by atoms with van der Waals surface area (Å²) in [7, 11) is 0. The lowest BCUT2D eigenvalue weighted by Gasteiger charge is -2.26. The molecule has 1 aromatic carbocycles. The number of carbonyl (C=O) groups is 2. The lowest BCUT2D eigenvalue weighted by molar-refractivity contribution is -0.144. The van der Waals surface area contributed by atoms with E-state index in [0.29, 0.717) is 5.56 Å². The SMILES string of the molecule is Cc1ccc(C(=O)NC(C)(C(=O)O)C2CC2)cc1F. The third kappa shape index (κ3) is 2.59. The topological polar surface area (TPSA) is 66.4 Å². The molecule has 0 aliphatic heterocycles. The second-order valence-electron chi connectivity index (χ2n) is 5.20. The fraction of sp³-hybridized carbons (Fsp3) is 0.429. The van der Waals surface area contributed by atoms with E-state index in [1.165, 1.54) is 19.1 Å². The van der Waals surface area contributed by atoms with Gasteiger partial charge in [0.2, 0.25) is 0 Å². The number of amides is 1. The highest BCUT2D eigenvalue weighted by Gasteiger charge is 2.48. The average molecular weight is 265 g/mol. The van der Waals surface area contributed by atoms with Gasteiger partial charge in [-0.05, 0) is 50.3 Å². The van der Waals surface area contributed by atoms with Crippen LogP contribution in [0.3, 0.4) is 0 Å². The summed E-state index contributed by atoms with van der Waals surface area (Å²) in [6, 6.07) is 4.11. The quantitative estimate of drug-likeness (QED) is 0.876. The second-order valence-corrected chi connectivity index (χ2v) is 5.20. The van der Waals surface area contributed by atoms with Crippen LogP contribution < -0.4 is 5.32 Å². The van der Waals surface area contributed by atoms with Crippen LogP contribution in [0.1, 0.15) is 35.7 Å². The molecule has 19 heavy (non-hydrogen) atoms. The predicted octanol–water partition coefficient (Wildman–Crippen LogP) is 2.12. The summed E-state index contributed by atoms with van der Waals surface area (Å²) in [5, 5.41) is 11.8. The number of hydrogen-bond acceptors (Lipinski definition) is 2. The van der Waals surface area contributed by atoms with Gasteiger partial charge in [0, 0.05) is 5.56 Å². The Bertz CT molecular complexity index is 539. The van der Waals surface area contributed by atoms with Gasteiger partial charge in [-0.25, -0.2) is 9.18 Å². The Morgan fingerprint density at radius 1 is 1.42 bits per heavy atom. The van der Waals surface area contributed by atoms with Crippen molar-refractivity contribution >= 4 is 11.9 Å². The molecule has 1 unspecified atom stereocenters. The van der Waals surface area contributed by atoms with Crippen molar-refractivity contribution in [3.8, 4) is 0 Å². The van der Waals surface area contributed by atoms with Gasteiger partial charge in [0.25, 0.3) is 5.91 Å². The molecule has 2 rings (SSSR count). The van der Waals surface area contributed by atoms with Crippen molar-refractivity contribution in [1.29, 1.82) is 0 Å². The lowest BCUT2D eigenvalue weighted by atomic mass is 9.95. The molecule has 0 bridgehead atoms. The fourth-order valence-electron chi connectivity index (χ4n) is 2.03. The zero-order valence-electron chi connectivity index (χ0n) is 10.9. The van der Waals surface area contributed by atoms with Crippen molar-refractivity contribution < 1.29 is 19.1 Å². The zero-order chi connectivity index (χ0) is 14.2. The number of carbonyl (C=O) groups excluding carboxylic acids is 1. The van der Waals surface area contributed by atoms with E-state index in [-0.39, 0.29) is 11.5 Å². The number of benzene rings is 1. The molecule has 4 nitrogen and oxygen atoms in total. The van der Waals surface area contributed by atoms with Crippen LogP contribution in [-0.2, 0) is 4.79 Å². The Balaban J connectivity index is 2.20. The van der Waals surface area contributed by atoms with Crippen molar-refractivity contribution in [3.63, 3.8) is 0 Å². The Morgan fingerprint density at radius 3 is 2.53 bits per heavy atom. The lowest BCUT2D eigenvalue weighted by Crippen LogP contribution is -2.54. The highest BCUT2D eigenvalue weighted by atomic mass is 19.1. The summed E-state index contributed by atoms with van der Waals surface area (Å²) in [5.41, 5.74) is -0.700. The van der Waals surface area contributed by atoms with Crippen molar-refractivity contribution in [2.24, 2.45) is 5.92 Å². The molecule has 1 amide bonds. The maximum Gasteiger partial charge on any atom is 0.329 e. The summed E-state index contributed by atoms with van der Waals surface area (Å²) >= 11 is 0. The van der Waals surface area contributed by atoms with Crippen molar-refractivity contribution in [3.05, 3.63) is 35.1 Å². The van der Waals surface area contributed by atoms with Gasteiger partial charge in [0.1, 0.15) is 11.4 Å². The van der Waals surface area contributed by atoms with E-state index in [1.54, 1.807) is 6.92 Å². The number of carboxylic acid groups (broad SMARTS) is 1. The third-order valence-corrected chi connectivity index (χ3v) is 3.65. The van der Waals surface area contributed by atoms with E-state index in [9.17, 15) is 19.1 Å². The van der Waals surface area contributed by atoms with Crippen LogP contribution in [0.4, 0.5) is 4.39 Å². The van der Waals surface area contributed by atoms with Gasteiger partial charge in [-0.1, -0.05) is 6.07 Å². The summed E-state index contributed by atoms with van der Waals surface area (Å²) < 4.78 is 13.4. The van der Waals surface area contributed by atoms with Crippen LogP contribution in [0, 0.1) is 18.7 Å². The molecule has 1 aliphatic rings. The van der Waals surface area contributed by atoms with Crippen LogP contribution in [0.5, 0.6) is 0 Å². The smallest absolute Gasteiger partial charge is 0.329 e. The summed E-state index contributed by atoms with van der Waals surface area (Å²) in [6.07, 6.45) is 1.57. The molecule has 1 atom stereocenters. The molecule has 2 N–H and O–H groups in total. The zero-order valence-corrected chi connectivity index (χ0v) is 10.9. The third-order valence-electron chi connectivity index (χ3n) is 3.65. The standard InChI is InChI=1S/C14H16FNO3/c1-8-3-4-9(7-11(8)15)12(17)16-14(2,13(18)19)10-5-6-10/h3-4,7,10H,5-6H2,1-2H3,(H,16,17)(H,18,19). The molecule has 0 spiro atoms. The number of aryl methyl sites for hydroxylation is 1. The minimum atomic E-state index is -1.28. The molecular weight excluding hydrogens is 249 g/mol. The van der Waals surface area contributed by atoms with Crippen LogP contribution in [0.2, 0.25) is 0 Å². The molecule has 1 saturated carbocycles. The maximum atomic E-state index is 13.4. The monoisotopic (exact) mass is 265 g/mol. The molecule has 0 saturated heterocycles. The van der Waals surface area contributed by atoms with Gasteiger partial charge in [0.15, 0.2) is 0 Å². The number of carboxylic acids is 1. The van der Waals surface area contributed by atoms with Gasteiger partial charge in [-0.3, -0.25) is 4.79 Å². The Morgan fingerprint density at radius 2 is 2.05 bits per heavy atom. The van der Waals surface area contributed by atoms with Gasteiger partial charge in [-0.2, -0.15) is 0 Å². The number of halogens is 1. The van der Waals surface area contributed by atoms with Gasteiger partial charge in [0.05, 0.1) is 0 Å². The highest BCUT2D eigenvalue weighted by molar-refractivity contribution is 5.98. The van der Waals surface area contributed by atoms with Crippen LogP contribution in [0.15, 0.2) is 18.2 Å². The van der Waals surface area contributed by atoms with E-state index in [4.69, 9.17) is 0 Å². The van der Waals surface area contributed by atoms with E-state index in [2.05, 4.69) is 5.32 Å². The molecule has 0 aromatic heterocycles. The minimum Gasteiger partial charge on any atom is -0.480 e. The summed E-state index contributed by atoms with van der Waals surface area (Å²) in [4.78, 5) is 23.3. The fourth-order valence-corrected chi connectivity index (χ4v) is 2.03. The first kappa shape index (κ1) is 13.5. The summed E-state index contributed by atoms with van der Waals surface area (Å²) in [6.45, 7) is 3.10. The molecule has 5 heteroatoms. The predicted molar refractivity (Wildman–Crippen MR) is 67.4 cm³/mol. The van der Waals surface area contributed by atoms with Crippen molar-refractivity contribution in [1.82, 2.24) is 5.32 Å². The number of hydrogen-bond donors (Lipinski definition) is 2. The highest BCUT2D eigenvalue weighted by Crippen LogP contribution is 2.39. The first-order valence-corrected chi connectivity index (χ1v) is 6.16. The van der Waals surface area contributed by atoms with Gasteiger partial charge < -0.3 is 10.4 Å². The molecule has 0 radical (unpaired) electrons. The minimum absolute atomic E-state index is 0.0516. The van der Waals surface area contributed by atoms with E-state index in [0.717, 1.165) is 18.9 Å². The van der Waals surface area contributed by atoms with E-state index < -0.39 is 23.2 Å². The van der Waals surface area contributed by atoms with Crippen LogP contribution >= 0.6 is 0 Å². The Hall–Kier alpha value is -1.91. The molecule has 0 heterocycles. The maximum absolute atomic E-state index is 13.4. The average Bonchev–Trinajstić information content (AvgIpc) is 3.16. The first-order valence-electron chi connectivity index (χ1n) is 6.16. The molecule has 1 fully saturated rings. The molecular formula is C14H16FNO3.